The Morgan fingerprint density at radius 3 is 2.88 bits per heavy atom. The molecule has 138 valence electrons. The minimum Gasteiger partial charge on any atom is -0.352 e. The van der Waals surface area contributed by atoms with Crippen molar-refractivity contribution in [2.75, 3.05) is 13.1 Å². The number of likely N-dealkylation sites (tertiary alicyclic amines) is 1. The molecule has 6 heteroatoms. The molecule has 1 saturated heterocycles. The van der Waals surface area contributed by atoms with Crippen LogP contribution in [0, 0.1) is 5.92 Å². The predicted molar refractivity (Wildman–Crippen MR) is 103 cm³/mol. The largest absolute Gasteiger partial charge is 0.352 e. The SMILES string of the molecule is O=C(CCC1CCCN(Cc2cncnc2)C1)NCc1ccccc1Cl. The first-order valence-electron chi connectivity index (χ1n) is 9.17. The summed E-state index contributed by atoms with van der Waals surface area (Å²) in [5, 5.41) is 3.67. The lowest BCUT2D eigenvalue weighted by molar-refractivity contribution is -0.121. The molecule has 0 radical (unpaired) electrons. The third kappa shape index (κ3) is 5.78. The van der Waals surface area contributed by atoms with Crippen molar-refractivity contribution in [2.45, 2.75) is 38.8 Å². The minimum atomic E-state index is 0.0958. The molecular weight excluding hydrogens is 348 g/mol. The van der Waals surface area contributed by atoms with E-state index in [9.17, 15) is 4.79 Å². The van der Waals surface area contributed by atoms with E-state index in [1.165, 1.54) is 12.8 Å². The number of nitrogens with zero attached hydrogens (tertiary/aromatic N) is 3. The smallest absolute Gasteiger partial charge is 0.220 e. The summed E-state index contributed by atoms with van der Waals surface area (Å²) in [4.78, 5) is 22.8. The fourth-order valence-corrected chi connectivity index (χ4v) is 3.66. The Labute approximate surface area is 159 Å². The topological polar surface area (TPSA) is 58.1 Å². The highest BCUT2D eigenvalue weighted by atomic mass is 35.5. The summed E-state index contributed by atoms with van der Waals surface area (Å²) in [7, 11) is 0. The second-order valence-electron chi connectivity index (χ2n) is 6.90. The van der Waals surface area contributed by atoms with Crippen LogP contribution in [0.2, 0.25) is 5.02 Å². The van der Waals surface area contributed by atoms with Crippen LogP contribution in [0.15, 0.2) is 43.0 Å². The van der Waals surface area contributed by atoms with E-state index >= 15 is 0 Å². The highest BCUT2D eigenvalue weighted by Crippen LogP contribution is 2.22. The first kappa shape index (κ1) is 18.8. The number of rotatable bonds is 7. The van der Waals surface area contributed by atoms with Gasteiger partial charge in [0.25, 0.3) is 0 Å². The molecule has 1 amide bonds. The number of nitrogens with one attached hydrogen (secondary N) is 1. The van der Waals surface area contributed by atoms with Crippen molar-refractivity contribution < 1.29 is 4.79 Å². The quantitative estimate of drug-likeness (QED) is 0.808. The number of aromatic nitrogens is 2. The van der Waals surface area contributed by atoms with Crippen molar-refractivity contribution in [3.8, 4) is 0 Å². The van der Waals surface area contributed by atoms with Gasteiger partial charge in [-0.2, -0.15) is 0 Å². The Hall–Kier alpha value is -1.98. The van der Waals surface area contributed by atoms with Crippen LogP contribution < -0.4 is 5.32 Å². The summed E-state index contributed by atoms with van der Waals surface area (Å²) in [6, 6.07) is 7.61. The van der Waals surface area contributed by atoms with E-state index in [-0.39, 0.29) is 5.91 Å². The summed E-state index contributed by atoms with van der Waals surface area (Å²) in [6.45, 7) is 3.51. The van der Waals surface area contributed by atoms with Crippen molar-refractivity contribution in [3.63, 3.8) is 0 Å². The molecular formula is C20H25ClN4O. The van der Waals surface area contributed by atoms with E-state index in [1.807, 2.05) is 36.7 Å². The Kier molecular flexibility index (Phi) is 6.97. The van der Waals surface area contributed by atoms with Crippen molar-refractivity contribution in [2.24, 2.45) is 5.92 Å². The lowest BCUT2D eigenvalue weighted by Gasteiger charge is -2.32. The van der Waals surface area contributed by atoms with Gasteiger partial charge in [0.15, 0.2) is 0 Å². The van der Waals surface area contributed by atoms with Gasteiger partial charge in [0, 0.05) is 49.0 Å². The molecule has 1 fully saturated rings. The van der Waals surface area contributed by atoms with Gasteiger partial charge in [-0.15, -0.1) is 0 Å². The molecule has 1 aliphatic heterocycles. The summed E-state index contributed by atoms with van der Waals surface area (Å²) >= 11 is 6.12. The van der Waals surface area contributed by atoms with Gasteiger partial charge in [-0.25, -0.2) is 9.97 Å². The predicted octanol–water partition coefficient (Wildman–Crippen LogP) is 3.44. The molecule has 0 saturated carbocycles. The van der Waals surface area contributed by atoms with Crippen LogP contribution in [0.25, 0.3) is 0 Å². The molecule has 1 aromatic heterocycles. The van der Waals surface area contributed by atoms with E-state index in [0.717, 1.165) is 37.2 Å². The van der Waals surface area contributed by atoms with E-state index in [2.05, 4.69) is 20.2 Å². The molecule has 1 atom stereocenters. The zero-order valence-electron chi connectivity index (χ0n) is 14.9. The van der Waals surface area contributed by atoms with Crippen molar-refractivity contribution in [1.29, 1.82) is 0 Å². The highest BCUT2D eigenvalue weighted by molar-refractivity contribution is 6.31. The van der Waals surface area contributed by atoms with Crippen molar-refractivity contribution >= 4 is 17.5 Å². The Morgan fingerprint density at radius 2 is 2.08 bits per heavy atom. The zero-order chi connectivity index (χ0) is 18.2. The van der Waals surface area contributed by atoms with Gasteiger partial charge in [0.1, 0.15) is 6.33 Å². The van der Waals surface area contributed by atoms with Crippen LogP contribution in [0.3, 0.4) is 0 Å². The number of piperidine rings is 1. The maximum atomic E-state index is 12.2. The first-order valence-corrected chi connectivity index (χ1v) is 9.55. The third-order valence-corrected chi connectivity index (χ3v) is 5.21. The van der Waals surface area contributed by atoms with Crippen LogP contribution in [-0.4, -0.2) is 33.9 Å². The fourth-order valence-electron chi connectivity index (χ4n) is 3.46. The summed E-state index contributed by atoms with van der Waals surface area (Å²) < 4.78 is 0. The van der Waals surface area contributed by atoms with Gasteiger partial charge in [0.2, 0.25) is 5.91 Å². The molecule has 1 unspecified atom stereocenters. The third-order valence-electron chi connectivity index (χ3n) is 4.84. The lowest BCUT2D eigenvalue weighted by Crippen LogP contribution is -2.35. The van der Waals surface area contributed by atoms with Gasteiger partial charge in [-0.3, -0.25) is 9.69 Å². The lowest BCUT2D eigenvalue weighted by atomic mass is 9.93. The van der Waals surface area contributed by atoms with Crippen LogP contribution in [-0.2, 0) is 17.9 Å². The van der Waals surface area contributed by atoms with E-state index in [1.54, 1.807) is 6.33 Å². The standard InChI is InChI=1S/C20H25ClN4O/c21-19-6-2-1-5-18(19)12-24-20(26)8-7-16-4-3-9-25(13-16)14-17-10-22-15-23-11-17/h1-2,5-6,10-11,15-16H,3-4,7-9,12-14H2,(H,24,26). The van der Waals surface area contributed by atoms with E-state index in [4.69, 9.17) is 11.6 Å². The van der Waals surface area contributed by atoms with Gasteiger partial charge < -0.3 is 5.32 Å². The molecule has 0 spiro atoms. The average Bonchev–Trinajstić information content (AvgIpc) is 2.67. The molecule has 0 aliphatic carbocycles. The van der Waals surface area contributed by atoms with Gasteiger partial charge in [-0.05, 0) is 43.4 Å². The Balaban J connectivity index is 1.39. The number of hydrogen-bond donors (Lipinski definition) is 1. The summed E-state index contributed by atoms with van der Waals surface area (Å²) in [6.07, 6.45) is 9.17. The van der Waals surface area contributed by atoms with Gasteiger partial charge in [0.05, 0.1) is 0 Å². The van der Waals surface area contributed by atoms with Crippen molar-refractivity contribution in [3.05, 3.63) is 59.1 Å². The molecule has 26 heavy (non-hydrogen) atoms. The van der Waals surface area contributed by atoms with Gasteiger partial charge >= 0.3 is 0 Å². The van der Waals surface area contributed by atoms with E-state index in [0.29, 0.717) is 23.9 Å². The second kappa shape index (κ2) is 9.64. The molecule has 0 bridgehead atoms. The number of carbonyl (C=O) groups is 1. The monoisotopic (exact) mass is 372 g/mol. The Morgan fingerprint density at radius 1 is 1.27 bits per heavy atom. The molecule has 2 heterocycles. The highest BCUT2D eigenvalue weighted by Gasteiger charge is 2.20. The fraction of sp³-hybridized carbons (Fsp3) is 0.450. The Bertz CT molecular complexity index is 710. The number of hydrogen-bond acceptors (Lipinski definition) is 4. The molecule has 2 aromatic rings. The van der Waals surface area contributed by atoms with Gasteiger partial charge in [-0.1, -0.05) is 29.8 Å². The maximum Gasteiger partial charge on any atom is 0.220 e. The number of amides is 1. The molecule has 1 N–H and O–H groups in total. The molecule has 3 rings (SSSR count). The summed E-state index contributed by atoms with van der Waals surface area (Å²) in [5.41, 5.74) is 2.10. The minimum absolute atomic E-state index is 0.0958. The first-order chi connectivity index (χ1) is 12.7. The maximum absolute atomic E-state index is 12.2. The van der Waals surface area contributed by atoms with Crippen LogP contribution in [0.4, 0.5) is 0 Å². The number of benzene rings is 1. The zero-order valence-corrected chi connectivity index (χ0v) is 15.7. The summed E-state index contributed by atoms with van der Waals surface area (Å²) in [5.74, 6) is 0.665. The second-order valence-corrected chi connectivity index (χ2v) is 7.30. The molecule has 5 nitrogen and oxygen atoms in total. The van der Waals surface area contributed by atoms with E-state index < -0.39 is 0 Å². The molecule has 1 aliphatic rings. The van der Waals surface area contributed by atoms with Crippen LogP contribution in [0.5, 0.6) is 0 Å². The number of halogens is 1. The molecule has 1 aromatic carbocycles. The van der Waals surface area contributed by atoms with Crippen molar-refractivity contribution in [1.82, 2.24) is 20.2 Å². The average molecular weight is 373 g/mol. The van der Waals surface area contributed by atoms with Crippen LogP contribution >= 0.6 is 11.6 Å². The number of carbonyl (C=O) groups excluding carboxylic acids is 1. The van der Waals surface area contributed by atoms with Crippen LogP contribution in [0.1, 0.15) is 36.8 Å². The normalized spacial score (nSPS) is 17.8.